The Labute approximate surface area is 115 Å². The molecule has 100 valence electrons. The van der Waals surface area contributed by atoms with Gasteiger partial charge in [0.1, 0.15) is 6.61 Å². The standard InChI is InChI=1S/C13H17BrFNO2/c14-10-3-4-13(12(15)8-10)18-7-5-16-9-11-2-1-6-17-11/h3-4,8,11,16H,1-2,5-7,9H2. The lowest BCUT2D eigenvalue weighted by Gasteiger charge is -2.11. The summed E-state index contributed by atoms with van der Waals surface area (Å²) in [7, 11) is 0. The molecule has 1 aliphatic heterocycles. The molecule has 1 aromatic rings. The average Bonchev–Trinajstić information content (AvgIpc) is 2.84. The van der Waals surface area contributed by atoms with Gasteiger partial charge in [-0.25, -0.2) is 4.39 Å². The monoisotopic (exact) mass is 317 g/mol. The van der Waals surface area contributed by atoms with E-state index in [9.17, 15) is 4.39 Å². The van der Waals surface area contributed by atoms with E-state index in [0.717, 1.165) is 26.0 Å². The van der Waals surface area contributed by atoms with Gasteiger partial charge in [-0.1, -0.05) is 15.9 Å². The second-order valence-electron chi connectivity index (χ2n) is 4.26. The number of hydrogen-bond acceptors (Lipinski definition) is 3. The lowest BCUT2D eigenvalue weighted by molar-refractivity contribution is 0.109. The third-order valence-corrected chi connectivity index (χ3v) is 3.32. The summed E-state index contributed by atoms with van der Waals surface area (Å²) in [5, 5.41) is 3.25. The van der Waals surface area contributed by atoms with Gasteiger partial charge < -0.3 is 14.8 Å². The first-order valence-corrected chi connectivity index (χ1v) is 6.95. The Morgan fingerprint density at radius 3 is 3.11 bits per heavy atom. The summed E-state index contributed by atoms with van der Waals surface area (Å²) in [4.78, 5) is 0. The number of hydrogen-bond donors (Lipinski definition) is 1. The van der Waals surface area contributed by atoms with Crippen LogP contribution in [0.4, 0.5) is 4.39 Å². The van der Waals surface area contributed by atoms with Gasteiger partial charge in [0.05, 0.1) is 6.10 Å². The van der Waals surface area contributed by atoms with Crippen LogP contribution in [0.25, 0.3) is 0 Å². The highest BCUT2D eigenvalue weighted by molar-refractivity contribution is 9.10. The maximum atomic E-state index is 13.4. The molecule has 1 unspecified atom stereocenters. The van der Waals surface area contributed by atoms with Crippen molar-refractivity contribution in [2.45, 2.75) is 18.9 Å². The quantitative estimate of drug-likeness (QED) is 0.818. The minimum atomic E-state index is -0.344. The van der Waals surface area contributed by atoms with Crippen molar-refractivity contribution in [3.05, 3.63) is 28.5 Å². The average molecular weight is 318 g/mol. The highest BCUT2D eigenvalue weighted by Gasteiger charge is 2.14. The Morgan fingerprint density at radius 2 is 2.39 bits per heavy atom. The van der Waals surface area contributed by atoms with E-state index in [-0.39, 0.29) is 11.6 Å². The van der Waals surface area contributed by atoms with Crippen LogP contribution in [-0.4, -0.2) is 32.4 Å². The fraction of sp³-hybridized carbons (Fsp3) is 0.538. The van der Waals surface area contributed by atoms with Gasteiger partial charge in [-0.2, -0.15) is 0 Å². The number of benzene rings is 1. The molecule has 1 N–H and O–H groups in total. The number of rotatable bonds is 6. The molecule has 1 aliphatic rings. The highest BCUT2D eigenvalue weighted by atomic mass is 79.9. The third kappa shape index (κ3) is 4.23. The van der Waals surface area contributed by atoms with Crippen LogP contribution < -0.4 is 10.1 Å². The molecule has 5 heteroatoms. The summed E-state index contributed by atoms with van der Waals surface area (Å²) < 4.78 is 25.0. The van der Waals surface area contributed by atoms with Crippen molar-refractivity contribution >= 4 is 15.9 Å². The van der Waals surface area contributed by atoms with Gasteiger partial charge in [0.15, 0.2) is 11.6 Å². The SMILES string of the molecule is Fc1cc(Br)ccc1OCCNCC1CCCO1. The van der Waals surface area contributed by atoms with E-state index >= 15 is 0 Å². The molecule has 2 rings (SSSR count). The van der Waals surface area contributed by atoms with Gasteiger partial charge in [0.2, 0.25) is 0 Å². The van der Waals surface area contributed by atoms with Crippen LogP contribution in [0.5, 0.6) is 5.75 Å². The number of nitrogens with one attached hydrogen (secondary N) is 1. The molecular formula is C13H17BrFNO2. The van der Waals surface area contributed by atoms with Crippen LogP contribution in [0.3, 0.4) is 0 Å². The minimum Gasteiger partial charge on any atom is -0.489 e. The smallest absolute Gasteiger partial charge is 0.166 e. The summed E-state index contributed by atoms with van der Waals surface area (Å²) >= 11 is 3.21. The van der Waals surface area contributed by atoms with Crippen LogP contribution in [0.15, 0.2) is 22.7 Å². The Balaban J connectivity index is 1.62. The Hall–Kier alpha value is -0.650. The van der Waals surface area contributed by atoms with Gasteiger partial charge in [-0.3, -0.25) is 0 Å². The van der Waals surface area contributed by atoms with Crippen molar-refractivity contribution in [1.29, 1.82) is 0 Å². The molecule has 1 saturated heterocycles. The topological polar surface area (TPSA) is 30.5 Å². The first kappa shape index (κ1) is 13.8. The van der Waals surface area contributed by atoms with Crippen LogP contribution >= 0.6 is 15.9 Å². The number of halogens is 2. The van der Waals surface area contributed by atoms with Crippen LogP contribution in [-0.2, 0) is 4.74 Å². The van der Waals surface area contributed by atoms with Gasteiger partial charge in [-0.15, -0.1) is 0 Å². The van der Waals surface area contributed by atoms with Crippen molar-refractivity contribution in [3.63, 3.8) is 0 Å². The molecule has 0 spiro atoms. The fourth-order valence-corrected chi connectivity index (χ4v) is 2.23. The predicted octanol–water partition coefficient (Wildman–Crippen LogP) is 2.74. The summed E-state index contributed by atoms with van der Waals surface area (Å²) in [5.41, 5.74) is 0. The lowest BCUT2D eigenvalue weighted by Crippen LogP contribution is -2.29. The van der Waals surface area contributed by atoms with Gasteiger partial charge in [0, 0.05) is 24.2 Å². The second-order valence-corrected chi connectivity index (χ2v) is 5.18. The zero-order chi connectivity index (χ0) is 12.8. The summed E-state index contributed by atoms with van der Waals surface area (Å²) in [6, 6.07) is 4.78. The zero-order valence-corrected chi connectivity index (χ0v) is 11.7. The first-order valence-electron chi connectivity index (χ1n) is 6.16. The molecule has 0 amide bonds. The van der Waals surface area contributed by atoms with Crippen molar-refractivity contribution < 1.29 is 13.9 Å². The lowest BCUT2D eigenvalue weighted by atomic mass is 10.2. The molecule has 1 heterocycles. The van der Waals surface area contributed by atoms with Crippen molar-refractivity contribution in [3.8, 4) is 5.75 Å². The minimum absolute atomic E-state index is 0.289. The van der Waals surface area contributed by atoms with Crippen LogP contribution in [0, 0.1) is 5.82 Å². The van der Waals surface area contributed by atoms with E-state index < -0.39 is 0 Å². The molecule has 3 nitrogen and oxygen atoms in total. The highest BCUT2D eigenvalue weighted by Crippen LogP contribution is 2.21. The fourth-order valence-electron chi connectivity index (χ4n) is 1.89. The van der Waals surface area contributed by atoms with E-state index in [1.165, 1.54) is 6.07 Å². The molecule has 0 radical (unpaired) electrons. The van der Waals surface area contributed by atoms with E-state index in [4.69, 9.17) is 9.47 Å². The Morgan fingerprint density at radius 1 is 1.50 bits per heavy atom. The molecule has 0 bridgehead atoms. The molecule has 1 fully saturated rings. The first-order chi connectivity index (χ1) is 8.75. The molecule has 18 heavy (non-hydrogen) atoms. The van der Waals surface area contributed by atoms with E-state index in [0.29, 0.717) is 23.7 Å². The van der Waals surface area contributed by atoms with Crippen molar-refractivity contribution in [1.82, 2.24) is 5.32 Å². The van der Waals surface area contributed by atoms with Gasteiger partial charge >= 0.3 is 0 Å². The largest absolute Gasteiger partial charge is 0.489 e. The third-order valence-electron chi connectivity index (χ3n) is 2.83. The summed E-state index contributed by atoms with van der Waals surface area (Å²) in [6.45, 7) is 2.85. The maximum Gasteiger partial charge on any atom is 0.166 e. The van der Waals surface area contributed by atoms with Crippen molar-refractivity contribution in [2.75, 3.05) is 26.3 Å². The van der Waals surface area contributed by atoms with E-state index in [1.807, 2.05) is 0 Å². The van der Waals surface area contributed by atoms with Crippen LogP contribution in [0.2, 0.25) is 0 Å². The Bertz CT molecular complexity index is 383. The van der Waals surface area contributed by atoms with Crippen LogP contribution in [0.1, 0.15) is 12.8 Å². The summed E-state index contributed by atoms with van der Waals surface area (Å²) in [6.07, 6.45) is 2.59. The van der Waals surface area contributed by atoms with Crippen molar-refractivity contribution in [2.24, 2.45) is 0 Å². The van der Waals surface area contributed by atoms with E-state index in [2.05, 4.69) is 21.2 Å². The molecule has 1 atom stereocenters. The zero-order valence-electron chi connectivity index (χ0n) is 10.1. The summed E-state index contributed by atoms with van der Waals surface area (Å²) in [5.74, 6) is -0.0550. The molecular weight excluding hydrogens is 301 g/mol. The van der Waals surface area contributed by atoms with E-state index in [1.54, 1.807) is 12.1 Å². The second kappa shape index (κ2) is 7.07. The maximum absolute atomic E-state index is 13.4. The molecule has 0 aliphatic carbocycles. The predicted molar refractivity (Wildman–Crippen MR) is 71.4 cm³/mol. The molecule has 0 saturated carbocycles. The Kier molecular flexibility index (Phi) is 5.41. The number of ether oxygens (including phenoxy) is 2. The normalized spacial score (nSPS) is 19.1. The van der Waals surface area contributed by atoms with Gasteiger partial charge in [-0.05, 0) is 31.0 Å². The molecule has 0 aromatic heterocycles. The van der Waals surface area contributed by atoms with Gasteiger partial charge in [0.25, 0.3) is 0 Å². The molecule has 1 aromatic carbocycles.